The first kappa shape index (κ1) is 21.7. The molecule has 3 unspecified atom stereocenters. The Balaban J connectivity index is 1.81. The van der Waals surface area contributed by atoms with E-state index in [1.54, 1.807) is 22.3 Å². The van der Waals surface area contributed by atoms with Crippen LogP contribution in [-0.4, -0.2) is 0 Å². The van der Waals surface area contributed by atoms with Gasteiger partial charge in [-0.05, 0) is 69.3 Å². The van der Waals surface area contributed by atoms with Crippen molar-refractivity contribution in [2.75, 3.05) is 0 Å². The molecule has 0 saturated heterocycles. The summed E-state index contributed by atoms with van der Waals surface area (Å²) in [5.74, 6) is 1.62. The van der Waals surface area contributed by atoms with Gasteiger partial charge in [-0.3, -0.25) is 0 Å². The van der Waals surface area contributed by atoms with Crippen molar-refractivity contribution in [1.82, 2.24) is 0 Å². The van der Waals surface area contributed by atoms with Crippen LogP contribution in [0.2, 0.25) is 0 Å². The van der Waals surface area contributed by atoms with E-state index in [2.05, 4.69) is 109 Å². The summed E-state index contributed by atoms with van der Waals surface area (Å²) in [5.41, 5.74) is 10.0. The molecule has 0 nitrogen and oxygen atoms in total. The van der Waals surface area contributed by atoms with Gasteiger partial charge in [-0.25, -0.2) is 0 Å². The molecule has 1 fully saturated rings. The van der Waals surface area contributed by atoms with Crippen LogP contribution < -0.4 is 0 Å². The first-order valence-corrected chi connectivity index (χ1v) is 12.9. The fourth-order valence-electron chi connectivity index (χ4n) is 8.14. The number of hydrogen-bond donors (Lipinski definition) is 0. The van der Waals surface area contributed by atoms with Gasteiger partial charge in [0.1, 0.15) is 0 Å². The molecule has 3 aliphatic carbocycles. The predicted octanol–water partition coefficient (Wildman–Crippen LogP) is 9.18. The van der Waals surface area contributed by atoms with Crippen LogP contribution in [0.15, 0.2) is 71.8 Å². The molecule has 1 saturated carbocycles. The van der Waals surface area contributed by atoms with Gasteiger partial charge in [0.2, 0.25) is 0 Å². The van der Waals surface area contributed by atoms with Crippen LogP contribution in [0.5, 0.6) is 0 Å². The lowest BCUT2D eigenvalue weighted by Crippen LogP contribution is -2.39. The van der Waals surface area contributed by atoms with Crippen LogP contribution in [0.1, 0.15) is 84.8 Å². The van der Waals surface area contributed by atoms with Crippen LogP contribution in [0.25, 0.3) is 11.1 Å². The monoisotopic (exact) mass is 424 g/mol. The number of rotatable bonds is 4. The van der Waals surface area contributed by atoms with Crippen molar-refractivity contribution >= 4 is 0 Å². The summed E-state index contributed by atoms with van der Waals surface area (Å²) < 4.78 is 0. The Kier molecular flexibility index (Phi) is 4.90. The molecule has 32 heavy (non-hydrogen) atoms. The Morgan fingerprint density at radius 2 is 1.31 bits per heavy atom. The third-order valence-electron chi connectivity index (χ3n) is 9.89. The van der Waals surface area contributed by atoms with Gasteiger partial charge in [0, 0.05) is 11.8 Å². The molecule has 0 radical (unpaired) electrons. The minimum absolute atomic E-state index is 0.193. The number of hydrogen-bond acceptors (Lipinski definition) is 0. The maximum atomic E-state index is 2.70. The van der Waals surface area contributed by atoms with Crippen molar-refractivity contribution in [2.45, 2.75) is 73.6 Å². The molecule has 0 heteroatoms. The Hall–Kier alpha value is -2.08. The molecule has 3 aliphatic rings. The van der Waals surface area contributed by atoms with Crippen LogP contribution in [0.4, 0.5) is 0 Å². The Bertz CT molecular complexity index is 1060. The lowest BCUT2D eigenvalue weighted by molar-refractivity contribution is 0.0768. The molecular weight excluding hydrogens is 384 g/mol. The lowest BCUT2D eigenvalue weighted by Gasteiger charge is -2.46. The molecule has 0 amide bonds. The predicted molar refractivity (Wildman–Crippen MR) is 138 cm³/mol. The third kappa shape index (κ3) is 2.56. The highest BCUT2D eigenvalue weighted by molar-refractivity contribution is 5.79. The Morgan fingerprint density at radius 3 is 1.78 bits per heavy atom. The minimum atomic E-state index is 0.193. The summed E-state index contributed by atoms with van der Waals surface area (Å²) in [6.45, 7) is 17.1. The highest BCUT2D eigenvalue weighted by Gasteiger charge is 2.65. The zero-order valence-corrected chi connectivity index (χ0v) is 21.1. The standard InChI is InChI=1S/C32H40/c1-8-31(9-2)21(4)32(10-3,28-20-22(19-27(28)31)30(5,6)7)29-25-17-13-11-15-23(25)24-16-12-14-18-26(24)29/h11-21,28-29H,8-10H2,1-7H3. The van der Waals surface area contributed by atoms with Crippen molar-refractivity contribution in [1.29, 1.82) is 0 Å². The van der Waals surface area contributed by atoms with Crippen molar-refractivity contribution in [3.63, 3.8) is 0 Å². The van der Waals surface area contributed by atoms with E-state index in [1.165, 1.54) is 30.4 Å². The summed E-state index contributed by atoms with van der Waals surface area (Å²) in [6.07, 6.45) is 9.01. The zero-order valence-electron chi connectivity index (χ0n) is 21.1. The summed E-state index contributed by atoms with van der Waals surface area (Å²) in [4.78, 5) is 0. The van der Waals surface area contributed by atoms with E-state index in [0.29, 0.717) is 17.8 Å². The van der Waals surface area contributed by atoms with Gasteiger partial charge in [0.05, 0.1) is 0 Å². The summed E-state index contributed by atoms with van der Waals surface area (Å²) in [6, 6.07) is 18.5. The highest BCUT2D eigenvalue weighted by atomic mass is 14.7. The van der Waals surface area contributed by atoms with Gasteiger partial charge in [-0.15, -0.1) is 0 Å². The molecule has 0 N–H and O–H groups in total. The summed E-state index contributed by atoms with van der Waals surface area (Å²) >= 11 is 0. The summed E-state index contributed by atoms with van der Waals surface area (Å²) in [5, 5.41) is 0. The lowest BCUT2D eigenvalue weighted by atomic mass is 9.56. The molecule has 0 aliphatic heterocycles. The van der Waals surface area contributed by atoms with E-state index >= 15 is 0 Å². The van der Waals surface area contributed by atoms with Crippen molar-refractivity contribution in [3.8, 4) is 11.1 Å². The molecule has 168 valence electrons. The first-order valence-electron chi connectivity index (χ1n) is 12.9. The fourth-order valence-corrected chi connectivity index (χ4v) is 8.14. The Labute approximate surface area is 195 Å². The maximum Gasteiger partial charge on any atom is 0.0170 e. The van der Waals surface area contributed by atoms with Crippen molar-refractivity contribution in [3.05, 3.63) is 83.0 Å². The number of benzene rings is 2. The zero-order chi connectivity index (χ0) is 22.9. The molecule has 0 heterocycles. The number of allylic oxidation sites excluding steroid dienone is 4. The van der Waals surface area contributed by atoms with Crippen LogP contribution in [0, 0.1) is 28.1 Å². The largest absolute Gasteiger partial charge is 0.0730 e. The molecule has 0 aromatic heterocycles. The summed E-state index contributed by atoms with van der Waals surface area (Å²) in [7, 11) is 0. The van der Waals surface area contributed by atoms with E-state index in [-0.39, 0.29) is 16.2 Å². The smallest absolute Gasteiger partial charge is 0.0170 e. The van der Waals surface area contributed by atoms with Crippen LogP contribution >= 0.6 is 0 Å². The van der Waals surface area contributed by atoms with E-state index in [9.17, 15) is 0 Å². The topological polar surface area (TPSA) is 0 Å². The molecular formula is C32H40. The SMILES string of the molecule is CCC1(CC)C2=CC(C(C)(C)C)=CC2C(CC)(C2c3ccccc3-c3ccccc32)C1C. The quantitative estimate of drug-likeness (QED) is 0.459. The van der Waals surface area contributed by atoms with Crippen molar-refractivity contribution < 1.29 is 0 Å². The molecule has 5 rings (SSSR count). The van der Waals surface area contributed by atoms with E-state index < -0.39 is 0 Å². The number of fused-ring (bicyclic) bond motifs is 4. The average Bonchev–Trinajstić information content (AvgIpc) is 3.43. The minimum Gasteiger partial charge on any atom is -0.0730 e. The molecule has 2 aromatic carbocycles. The van der Waals surface area contributed by atoms with Gasteiger partial charge in [-0.2, -0.15) is 0 Å². The second-order valence-electron chi connectivity index (χ2n) is 11.6. The highest BCUT2D eigenvalue weighted by Crippen LogP contribution is 2.73. The van der Waals surface area contributed by atoms with Gasteiger partial charge in [0.25, 0.3) is 0 Å². The van der Waals surface area contributed by atoms with Gasteiger partial charge in [0.15, 0.2) is 0 Å². The fraction of sp³-hybridized carbons (Fsp3) is 0.500. The molecule has 0 spiro atoms. The third-order valence-corrected chi connectivity index (χ3v) is 9.89. The van der Waals surface area contributed by atoms with Gasteiger partial charge in [-0.1, -0.05) is 115 Å². The van der Waals surface area contributed by atoms with Gasteiger partial charge < -0.3 is 0 Å². The van der Waals surface area contributed by atoms with E-state index in [0.717, 1.165) is 0 Å². The van der Waals surface area contributed by atoms with Gasteiger partial charge >= 0.3 is 0 Å². The average molecular weight is 425 g/mol. The van der Waals surface area contributed by atoms with Crippen molar-refractivity contribution in [2.24, 2.45) is 28.1 Å². The van der Waals surface area contributed by atoms with E-state index in [4.69, 9.17) is 0 Å². The van der Waals surface area contributed by atoms with Crippen LogP contribution in [0.3, 0.4) is 0 Å². The second-order valence-corrected chi connectivity index (χ2v) is 11.6. The maximum absolute atomic E-state index is 2.70. The van der Waals surface area contributed by atoms with E-state index in [1.807, 2.05) is 0 Å². The van der Waals surface area contributed by atoms with Crippen LogP contribution in [-0.2, 0) is 0 Å². The molecule has 3 atom stereocenters. The normalized spacial score (nSPS) is 28.2. The first-order chi connectivity index (χ1) is 15.3. The molecule has 0 bridgehead atoms. The molecule has 2 aromatic rings. The second kappa shape index (κ2) is 7.21. The Morgan fingerprint density at radius 1 is 0.781 bits per heavy atom.